The molecule has 1 heterocycles. The fourth-order valence-corrected chi connectivity index (χ4v) is 3.12. The van der Waals surface area contributed by atoms with E-state index >= 15 is 0 Å². The number of amides is 1. The highest BCUT2D eigenvalue weighted by Crippen LogP contribution is 2.29. The van der Waals surface area contributed by atoms with Crippen molar-refractivity contribution >= 4 is 28.3 Å². The average molecular weight is 384 g/mol. The highest BCUT2D eigenvalue weighted by Gasteiger charge is 2.17. The molecule has 0 saturated heterocycles. The van der Waals surface area contributed by atoms with Gasteiger partial charge in [-0.1, -0.05) is 60.2 Å². The van der Waals surface area contributed by atoms with Crippen LogP contribution in [0.1, 0.15) is 21.5 Å². The summed E-state index contributed by atoms with van der Waals surface area (Å²) in [5, 5.41) is 6.76. The molecule has 144 valence electrons. The number of aryl methyl sites for hydroxylation is 1. The summed E-state index contributed by atoms with van der Waals surface area (Å²) in [6.07, 6.45) is 0. The topological polar surface area (TPSA) is 71.3 Å². The van der Waals surface area contributed by atoms with Gasteiger partial charge in [-0.2, -0.15) is 0 Å². The van der Waals surface area contributed by atoms with Crippen LogP contribution in [-0.4, -0.2) is 5.91 Å². The molecule has 5 nitrogen and oxygen atoms in total. The summed E-state index contributed by atoms with van der Waals surface area (Å²) in [5.41, 5.74) is 3.09. The van der Waals surface area contributed by atoms with Gasteiger partial charge in [-0.05, 0) is 36.8 Å². The smallest absolute Gasteiger partial charge is 0.362 e. The van der Waals surface area contributed by atoms with Gasteiger partial charge in [-0.25, -0.2) is 4.79 Å². The maximum Gasteiger partial charge on any atom is 0.362 e. The van der Waals surface area contributed by atoms with Gasteiger partial charge in [0.25, 0.3) is 5.91 Å². The van der Waals surface area contributed by atoms with Crippen LogP contribution in [0.4, 0.5) is 11.4 Å². The number of hydrogen-bond acceptors (Lipinski definition) is 4. The van der Waals surface area contributed by atoms with Crippen LogP contribution in [0.5, 0.6) is 0 Å². The summed E-state index contributed by atoms with van der Waals surface area (Å²) >= 11 is 0. The molecule has 0 saturated carbocycles. The zero-order valence-electron chi connectivity index (χ0n) is 15.9. The lowest BCUT2D eigenvalue weighted by Crippen LogP contribution is -2.20. The minimum Gasteiger partial charge on any atom is -0.421 e. The van der Waals surface area contributed by atoms with Gasteiger partial charge in [0.15, 0.2) is 5.69 Å². The van der Waals surface area contributed by atoms with Crippen LogP contribution in [0.3, 0.4) is 0 Å². The van der Waals surface area contributed by atoms with E-state index < -0.39 is 5.63 Å². The fraction of sp³-hybridized carbons (Fsp3) is 0.0833. The average Bonchev–Trinajstić information content (AvgIpc) is 2.74. The molecule has 1 aromatic heterocycles. The van der Waals surface area contributed by atoms with Crippen LogP contribution < -0.4 is 16.3 Å². The monoisotopic (exact) mass is 384 g/mol. The summed E-state index contributed by atoms with van der Waals surface area (Å²) in [6.45, 7) is 2.45. The molecule has 0 bridgehead atoms. The Morgan fingerprint density at radius 3 is 2.31 bits per heavy atom. The quantitative estimate of drug-likeness (QED) is 0.477. The number of carbonyl (C=O) groups excluding carboxylic acids is 1. The number of para-hydroxylation sites is 1. The third-order valence-corrected chi connectivity index (χ3v) is 4.68. The van der Waals surface area contributed by atoms with Crippen molar-refractivity contribution in [1.29, 1.82) is 0 Å². The van der Waals surface area contributed by atoms with E-state index in [9.17, 15) is 9.59 Å². The highest BCUT2D eigenvalue weighted by molar-refractivity contribution is 6.08. The maximum absolute atomic E-state index is 12.7. The van der Waals surface area contributed by atoms with Gasteiger partial charge in [-0.15, -0.1) is 0 Å². The van der Waals surface area contributed by atoms with Gasteiger partial charge in [0.1, 0.15) is 5.58 Å². The van der Waals surface area contributed by atoms with Gasteiger partial charge in [0.05, 0.1) is 5.69 Å². The van der Waals surface area contributed by atoms with Gasteiger partial charge in [0.2, 0.25) is 0 Å². The van der Waals surface area contributed by atoms with Crippen LogP contribution in [0, 0.1) is 6.92 Å². The van der Waals surface area contributed by atoms with Crippen LogP contribution in [0.15, 0.2) is 88.1 Å². The van der Waals surface area contributed by atoms with Crippen LogP contribution in [-0.2, 0) is 6.54 Å². The number of rotatable bonds is 5. The molecule has 0 fully saturated rings. The Labute approximate surface area is 168 Å². The van der Waals surface area contributed by atoms with Crippen molar-refractivity contribution in [2.45, 2.75) is 13.5 Å². The number of hydrogen-bond donors (Lipinski definition) is 2. The van der Waals surface area contributed by atoms with E-state index in [1.807, 2.05) is 61.5 Å². The predicted octanol–water partition coefficient (Wildman–Crippen LogP) is 4.97. The van der Waals surface area contributed by atoms with E-state index in [1.165, 1.54) is 0 Å². The van der Waals surface area contributed by atoms with E-state index in [2.05, 4.69) is 10.6 Å². The molecular formula is C24H20N2O3. The molecule has 0 radical (unpaired) electrons. The fourth-order valence-electron chi connectivity index (χ4n) is 3.12. The summed E-state index contributed by atoms with van der Waals surface area (Å²) in [7, 11) is 0. The Bertz CT molecular complexity index is 1210. The second-order valence-corrected chi connectivity index (χ2v) is 6.79. The second kappa shape index (κ2) is 8.02. The van der Waals surface area contributed by atoms with Gasteiger partial charge in [0, 0.05) is 17.5 Å². The first-order valence-corrected chi connectivity index (χ1v) is 9.33. The van der Waals surface area contributed by atoms with Crippen LogP contribution >= 0.6 is 0 Å². The summed E-state index contributed by atoms with van der Waals surface area (Å²) in [5.74, 6) is -0.365. The summed E-state index contributed by atoms with van der Waals surface area (Å²) in [4.78, 5) is 25.4. The number of fused-ring (bicyclic) bond motifs is 1. The van der Waals surface area contributed by atoms with Crippen molar-refractivity contribution in [2.75, 3.05) is 10.6 Å². The van der Waals surface area contributed by atoms with Crippen molar-refractivity contribution < 1.29 is 9.21 Å². The standard InChI is InChI=1S/C24H20N2O3/c1-16-11-13-18(14-12-16)23(27)26-22-21(25-15-17-7-3-2-4-8-17)19-9-5-6-10-20(19)29-24(22)28/h2-14,25H,15H2,1H3,(H,26,27). The SMILES string of the molecule is Cc1ccc(C(=O)Nc2c(NCc3ccccc3)c3ccccc3oc2=O)cc1. The first kappa shape index (κ1) is 18.5. The summed E-state index contributed by atoms with van der Waals surface area (Å²) in [6, 6.07) is 24.2. The normalized spacial score (nSPS) is 10.7. The zero-order valence-corrected chi connectivity index (χ0v) is 15.9. The Hall–Kier alpha value is -3.86. The van der Waals surface area contributed by atoms with Crippen molar-refractivity contribution in [3.63, 3.8) is 0 Å². The molecule has 4 rings (SSSR count). The molecule has 0 spiro atoms. The van der Waals surface area contributed by atoms with E-state index in [-0.39, 0.29) is 11.6 Å². The Kier molecular flexibility index (Phi) is 5.12. The second-order valence-electron chi connectivity index (χ2n) is 6.79. The highest BCUT2D eigenvalue weighted by atomic mass is 16.4. The molecule has 29 heavy (non-hydrogen) atoms. The predicted molar refractivity (Wildman–Crippen MR) is 115 cm³/mol. The third-order valence-electron chi connectivity index (χ3n) is 4.68. The van der Waals surface area contributed by atoms with Crippen LogP contribution in [0.25, 0.3) is 11.0 Å². The van der Waals surface area contributed by atoms with Gasteiger partial charge in [-0.3, -0.25) is 4.79 Å². The zero-order chi connectivity index (χ0) is 20.2. The molecule has 0 aliphatic rings. The molecule has 0 aliphatic heterocycles. The Morgan fingerprint density at radius 2 is 1.55 bits per heavy atom. The lowest BCUT2D eigenvalue weighted by atomic mass is 10.1. The van der Waals surface area contributed by atoms with E-state index in [4.69, 9.17) is 4.42 Å². The number of anilines is 2. The largest absolute Gasteiger partial charge is 0.421 e. The molecular weight excluding hydrogens is 364 g/mol. The summed E-state index contributed by atoms with van der Waals surface area (Å²) < 4.78 is 5.43. The molecule has 2 N–H and O–H groups in total. The lowest BCUT2D eigenvalue weighted by Gasteiger charge is -2.14. The number of carbonyl (C=O) groups is 1. The van der Waals surface area contributed by atoms with Crippen molar-refractivity contribution in [1.82, 2.24) is 0 Å². The molecule has 0 unspecified atom stereocenters. The van der Waals surface area contributed by atoms with Crippen molar-refractivity contribution in [3.8, 4) is 0 Å². The Balaban J connectivity index is 1.73. The molecule has 5 heteroatoms. The van der Waals surface area contributed by atoms with E-state index in [0.29, 0.717) is 23.4 Å². The third kappa shape index (κ3) is 4.04. The molecule has 1 amide bonds. The minimum absolute atomic E-state index is 0.102. The lowest BCUT2D eigenvalue weighted by molar-refractivity contribution is 0.102. The molecule has 3 aromatic carbocycles. The first-order chi connectivity index (χ1) is 14.1. The number of nitrogens with one attached hydrogen (secondary N) is 2. The first-order valence-electron chi connectivity index (χ1n) is 9.33. The van der Waals surface area contributed by atoms with Crippen molar-refractivity contribution in [2.24, 2.45) is 0 Å². The van der Waals surface area contributed by atoms with E-state index in [0.717, 1.165) is 16.5 Å². The van der Waals surface area contributed by atoms with Gasteiger partial charge < -0.3 is 15.1 Å². The molecule has 4 aromatic rings. The Morgan fingerprint density at radius 1 is 0.862 bits per heavy atom. The van der Waals surface area contributed by atoms with Crippen LogP contribution in [0.2, 0.25) is 0 Å². The minimum atomic E-state index is -0.597. The van der Waals surface area contributed by atoms with E-state index in [1.54, 1.807) is 24.3 Å². The number of benzene rings is 3. The maximum atomic E-state index is 12.7. The van der Waals surface area contributed by atoms with Gasteiger partial charge >= 0.3 is 5.63 Å². The van der Waals surface area contributed by atoms with Crippen molar-refractivity contribution in [3.05, 3.63) is 106 Å². The molecule has 0 aliphatic carbocycles. The molecule has 0 atom stereocenters.